The molecule has 1 atom stereocenters. The second kappa shape index (κ2) is 16.5. The number of fused-ring (bicyclic) bond motifs is 4. The number of hydrogen-bond acceptors (Lipinski definition) is 3. The van der Waals surface area contributed by atoms with E-state index in [1.54, 1.807) is 4.40 Å². The number of para-hydroxylation sites is 2. The molecule has 0 aliphatic carbocycles. The number of aromatic nitrogens is 1. The van der Waals surface area contributed by atoms with Crippen molar-refractivity contribution in [3.05, 3.63) is 186 Å². The molecule has 6 aromatic carbocycles. The van der Waals surface area contributed by atoms with Crippen LogP contribution >= 0.6 is 0 Å². The number of hydrogen-bond donors (Lipinski definition) is 0. The van der Waals surface area contributed by atoms with Gasteiger partial charge in [-0.2, -0.15) is 0 Å². The Morgan fingerprint density at radius 1 is 0.709 bits per heavy atom. The Labute approximate surface area is 341 Å². The van der Waals surface area contributed by atoms with E-state index < -0.39 is 13.3 Å². The van der Waals surface area contributed by atoms with Crippen molar-refractivity contribution in [1.82, 2.24) is 4.98 Å². The van der Waals surface area contributed by atoms with Crippen LogP contribution in [0.1, 0.15) is 42.0 Å². The van der Waals surface area contributed by atoms with Crippen LogP contribution in [0.5, 0.6) is 0 Å². The fourth-order valence-electron chi connectivity index (χ4n) is 7.57. The largest absolute Gasteiger partial charge is 0.501 e. The van der Waals surface area contributed by atoms with Gasteiger partial charge in [0.05, 0.1) is 11.3 Å². The van der Waals surface area contributed by atoms with E-state index in [1.807, 2.05) is 54.6 Å². The molecular formula is C50H44GeIrN2O-2. The molecule has 8 aromatic rings. The minimum atomic E-state index is -1.86. The number of pyridine rings is 1. The molecule has 0 fully saturated rings. The van der Waals surface area contributed by atoms with E-state index in [1.165, 1.54) is 27.8 Å². The Bertz CT molecular complexity index is 2590. The minimum absolute atomic E-state index is 0. The molecule has 1 radical (unpaired) electrons. The molecule has 3 nitrogen and oxygen atoms in total. The van der Waals surface area contributed by atoms with Crippen LogP contribution in [0.4, 0.5) is 5.69 Å². The van der Waals surface area contributed by atoms with Gasteiger partial charge in [0.2, 0.25) is 0 Å². The van der Waals surface area contributed by atoms with Crippen molar-refractivity contribution < 1.29 is 24.5 Å². The van der Waals surface area contributed by atoms with E-state index in [2.05, 4.69) is 140 Å². The van der Waals surface area contributed by atoms with Crippen LogP contribution in [0, 0.1) is 18.1 Å². The van der Waals surface area contributed by atoms with Crippen molar-refractivity contribution in [2.24, 2.45) is 10.9 Å². The topological polar surface area (TPSA) is 38.4 Å². The first-order chi connectivity index (χ1) is 26.2. The van der Waals surface area contributed by atoms with Crippen LogP contribution in [0.3, 0.4) is 0 Å². The molecule has 1 unspecified atom stereocenters. The summed E-state index contributed by atoms with van der Waals surface area (Å²) in [5.74, 6) is 8.02. The summed E-state index contributed by atoms with van der Waals surface area (Å²) < 4.78 is 7.88. The maximum absolute atomic E-state index is 6.34. The van der Waals surface area contributed by atoms with Crippen LogP contribution in [-0.4, -0.2) is 24.0 Å². The second-order valence-corrected chi connectivity index (χ2v) is 26.1. The molecule has 0 spiro atoms. The van der Waals surface area contributed by atoms with E-state index in [0.717, 1.165) is 56.6 Å². The molecule has 3 heterocycles. The normalized spacial score (nSPS) is 13.6. The van der Waals surface area contributed by atoms with Crippen molar-refractivity contribution in [1.29, 1.82) is 0 Å². The van der Waals surface area contributed by atoms with Gasteiger partial charge >= 0.3 is 126 Å². The van der Waals surface area contributed by atoms with Gasteiger partial charge < -0.3 is 4.42 Å². The van der Waals surface area contributed by atoms with Gasteiger partial charge in [-0.25, -0.2) is 0 Å². The average molecular weight is 954 g/mol. The SMILES string of the molecule is CC(C)Cc1cc(-c2[c-]cccc2)nc[c]1[Ge]([CH3])([CH3])[CH3].[Ir].[c-]1ccc2c(oc3ccccc32)c1C1=Nc2ccccc2C1c1ccc(-c2ccccc2)cc1. The molecular weight excluding hydrogens is 909 g/mol. The zero-order valence-corrected chi connectivity index (χ0v) is 36.4. The van der Waals surface area contributed by atoms with Gasteiger partial charge in [-0.1, -0.05) is 102 Å². The van der Waals surface area contributed by atoms with E-state index in [9.17, 15) is 0 Å². The molecule has 0 bridgehead atoms. The van der Waals surface area contributed by atoms with Crippen molar-refractivity contribution in [3.8, 4) is 22.4 Å². The van der Waals surface area contributed by atoms with Crippen LogP contribution in [-0.2, 0) is 26.5 Å². The first-order valence-electron chi connectivity index (χ1n) is 18.9. The summed E-state index contributed by atoms with van der Waals surface area (Å²) in [5, 5.41) is 2.22. The van der Waals surface area contributed by atoms with Crippen LogP contribution < -0.4 is 4.40 Å². The Hall–Kier alpha value is -4.87. The molecule has 0 amide bonds. The van der Waals surface area contributed by atoms with Crippen molar-refractivity contribution in [2.45, 2.75) is 43.5 Å². The fourth-order valence-corrected chi connectivity index (χ4v) is 10.9. The number of furan rings is 1. The van der Waals surface area contributed by atoms with Crippen LogP contribution in [0.2, 0.25) is 17.3 Å². The first-order valence-corrected chi connectivity index (χ1v) is 26.2. The zero-order chi connectivity index (χ0) is 37.2. The average Bonchev–Trinajstić information content (AvgIpc) is 3.77. The summed E-state index contributed by atoms with van der Waals surface area (Å²) in [6, 6.07) is 57.1. The summed E-state index contributed by atoms with van der Waals surface area (Å²) in [5.41, 5.74) is 13.2. The van der Waals surface area contributed by atoms with Gasteiger partial charge in [0, 0.05) is 31.4 Å². The van der Waals surface area contributed by atoms with E-state index in [4.69, 9.17) is 14.4 Å². The Kier molecular flexibility index (Phi) is 11.5. The maximum Gasteiger partial charge on any atom is 0.120 e. The molecule has 0 N–H and O–H groups in total. The maximum atomic E-state index is 6.34. The van der Waals surface area contributed by atoms with Crippen molar-refractivity contribution in [2.75, 3.05) is 0 Å². The Morgan fingerprint density at radius 2 is 1.42 bits per heavy atom. The predicted octanol–water partition coefficient (Wildman–Crippen LogP) is 12.6. The van der Waals surface area contributed by atoms with Gasteiger partial charge in [0.1, 0.15) is 5.58 Å². The van der Waals surface area contributed by atoms with Gasteiger partial charge in [-0.3, -0.25) is 4.99 Å². The smallest absolute Gasteiger partial charge is 0.120 e. The summed E-state index contributed by atoms with van der Waals surface area (Å²) in [6.45, 7) is 4.57. The Balaban J connectivity index is 0.000000191. The summed E-state index contributed by atoms with van der Waals surface area (Å²) in [4.78, 5) is 9.80. The Morgan fingerprint density at radius 3 is 2.16 bits per heavy atom. The van der Waals surface area contributed by atoms with E-state index in [-0.39, 0.29) is 26.0 Å². The molecule has 55 heavy (non-hydrogen) atoms. The number of aliphatic imine (C=N–C) groups is 1. The molecule has 9 rings (SSSR count). The molecule has 2 aromatic heterocycles. The standard InChI is InChI=1S/C32H20NO.C18H24GeN.Ir/c1-2-9-21(10-3-1)22-17-19-23(20-18-22)30-26-12-4-6-15-28(26)33-31(30)27-14-8-13-25-24-11-5-7-16-29(24)34-32(25)27;1-14(2)11-16-12-18(15-9-7-6-8-10-15)20-13-17(16)19(3,4)5;/h1-13,15-20,30H;6-9,12-14H,11H2,1-5H3;/q2*-1;. The molecule has 1 aliphatic heterocycles. The monoisotopic (exact) mass is 955 g/mol. The number of benzene rings is 6. The molecule has 0 saturated heterocycles. The first kappa shape index (κ1) is 38.4. The summed E-state index contributed by atoms with van der Waals surface area (Å²) >= 11 is -1.86. The summed E-state index contributed by atoms with van der Waals surface area (Å²) in [7, 11) is 0. The third-order valence-electron chi connectivity index (χ3n) is 10.1. The van der Waals surface area contributed by atoms with Gasteiger partial charge in [0.25, 0.3) is 0 Å². The van der Waals surface area contributed by atoms with Crippen LogP contribution in [0.25, 0.3) is 44.3 Å². The zero-order valence-electron chi connectivity index (χ0n) is 31.9. The van der Waals surface area contributed by atoms with Gasteiger partial charge in [-0.15, -0.1) is 18.2 Å². The summed E-state index contributed by atoms with van der Waals surface area (Å²) in [6.07, 6.45) is 3.27. The third-order valence-corrected chi connectivity index (χ3v) is 14.5. The molecule has 5 heteroatoms. The van der Waals surface area contributed by atoms with Crippen molar-refractivity contribution in [3.63, 3.8) is 0 Å². The predicted molar refractivity (Wildman–Crippen MR) is 229 cm³/mol. The van der Waals surface area contributed by atoms with E-state index >= 15 is 0 Å². The van der Waals surface area contributed by atoms with E-state index in [0.29, 0.717) is 5.92 Å². The molecule has 1 aliphatic rings. The number of nitrogens with zero attached hydrogens (tertiary/aromatic N) is 2. The number of rotatable bonds is 7. The molecule has 0 saturated carbocycles. The molecule has 275 valence electrons. The van der Waals surface area contributed by atoms with Crippen LogP contribution in [0.15, 0.2) is 161 Å². The quantitative estimate of drug-likeness (QED) is 0.118. The van der Waals surface area contributed by atoms with Crippen molar-refractivity contribution >= 4 is 51.0 Å². The fraction of sp³-hybridized carbons (Fsp3) is 0.160. The van der Waals surface area contributed by atoms with Gasteiger partial charge in [-0.05, 0) is 40.1 Å². The van der Waals surface area contributed by atoms with Gasteiger partial charge in [0.15, 0.2) is 0 Å². The minimum Gasteiger partial charge on any atom is -0.501 e. The third kappa shape index (κ3) is 8.09. The second-order valence-electron chi connectivity index (χ2n) is 15.5.